The minimum atomic E-state index is -2.75. The second kappa shape index (κ2) is 6.25. The average Bonchev–Trinajstić information content (AvgIpc) is 2.90. The van der Waals surface area contributed by atoms with Crippen LogP contribution in [0.2, 0.25) is 10.0 Å². The molecule has 120 valence electrons. The molecule has 5 nitrogen and oxygen atoms in total. The van der Waals surface area contributed by atoms with Gasteiger partial charge in [-0.15, -0.1) is 15.3 Å². The molecule has 0 saturated heterocycles. The smallest absolute Gasteiger partial charge is 0.299 e. The number of halogens is 4. The van der Waals surface area contributed by atoms with Gasteiger partial charge in [-0.1, -0.05) is 29.3 Å². The Hall–Kier alpha value is -1.99. The summed E-state index contributed by atoms with van der Waals surface area (Å²) in [7, 11) is 0. The van der Waals surface area contributed by atoms with Gasteiger partial charge in [-0.2, -0.15) is 4.52 Å². The Morgan fingerprint density at radius 1 is 1.13 bits per heavy atom. The van der Waals surface area contributed by atoms with Crippen LogP contribution in [-0.4, -0.2) is 19.8 Å². The SMILES string of the molecule is CC(Nc1ccc2nnc(C(F)F)n2n1)c1ccc(Cl)cc1Cl. The normalized spacial score (nSPS) is 12.8. The van der Waals surface area contributed by atoms with Gasteiger partial charge in [0.05, 0.1) is 6.04 Å². The summed E-state index contributed by atoms with van der Waals surface area (Å²) in [5.74, 6) is -0.0986. The number of rotatable bonds is 4. The Morgan fingerprint density at radius 2 is 1.91 bits per heavy atom. The van der Waals surface area contributed by atoms with Crippen LogP contribution in [0.5, 0.6) is 0 Å². The van der Waals surface area contributed by atoms with Crippen LogP contribution in [-0.2, 0) is 0 Å². The summed E-state index contributed by atoms with van der Waals surface area (Å²) in [6.45, 7) is 1.88. The molecular weight excluding hydrogens is 347 g/mol. The first-order valence-electron chi connectivity index (χ1n) is 6.67. The Kier molecular flexibility index (Phi) is 4.32. The molecule has 0 aliphatic rings. The van der Waals surface area contributed by atoms with E-state index in [9.17, 15) is 8.78 Å². The molecule has 2 heterocycles. The topological polar surface area (TPSA) is 55.1 Å². The van der Waals surface area contributed by atoms with E-state index in [1.54, 1.807) is 30.3 Å². The molecule has 0 aliphatic heterocycles. The van der Waals surface area contributed by atoms with Crippen LogP contribution in [0, 0.1) is 0 Å². The Bertz CT molecular complexity index is 852. The van der Waals surface area contributed by atoms with Gasteiger partial charge >= 0.3 is 0 Å². The van der Waals surface area contributed by atoms with Crippen molar-refractivity contribution in [3.63, 3.8) is 0 Å². The van der Waals surface area contributed by atoms with E-state index in [1.165, 1.54) is 0 Å². The van der Waals surface area contributed by atoms with Crippen LogP contribution in [0.4, 0.5) is 14.6 Å². The number of anilines is 1. The maximum Gasteiger partial charge on any atom is 0.299 e. The standard InChI is InChI=1S/C14H11Cl2F2N5/c1-7(9-3-2-8(15)6-10(9)16)19-11-4-5-12-20-21-14(13(17)18)23(12)22-11/h2-7,13H,1H3,(H,19,22). The number of nitrogens with zero attached hydrogens (tertiary/aromatic N) is 4. The summed E-state index contributed by atoms with van der Waals surface area (Å²) in [6, 6.07) is 8.17. The minimum Gasteiger partial charge on any atom is -0.362 e. The van der Waals surface area contributed by atoms with Crippen molar-refractivity contribution in [2.75, 3.05) is 5.32 Å². The predicted octanol–water partition coefficient (Wildman–Crippen LogP) is 4.54. The van der Waals surface area contributed by atoms with Crippen LogP contribution < -0.4 is 5.32 Å². The lowest BCUT2D eigenvalue weighted by atomic mass is 10.1. The Labute approximate surface area is 140 Å². The minimum absolute atomic E-state index is 0.198. The fourth-order valence-corrected chi connectivity index (χ4v) is 2.74. The van der Waals surface area contributed by atoms with Gasteiger partial charge in [-0.3, -0.25) is 0 Å². The van der Waals surface area contributed by atoms with Gasteiger partial charge < -0.3 is 5.32 Å². The van der Waals surface area contributed by atoms with Gasteiger partial charge in [0.25, 0.3) is 6.43 Å². The summed E-state index contributed by atoms with van der Waals surface area (Å²) >= 11 is 12.0. The lowest BCUT2D eigenvalue weighted by Gasteiger charge is -2.16. The fraction of sp³-hybridized carbons (Fsp3) is 0.214. The maximum atomic E-state index is 12.9. The zero-order valence-electron chi connectivity index (χ0n) is 11.8. The average molecular weight is 358 g/mol. The Balaban J connectivity index is 1.90. The maximum absolute atomic E-state index is 12.9. The monoisotopic (exact) mass is 357 g/mol. The molecule has 0 radical (unpaired) electrons. The van der Waals surface area contributed by atoms with E-state index in [0.717, 1.165) is 10.1 Å². The van der Waals surface area contributed by atoms with E-state index in [4.69, 9.17) is 23.2 Å². The van der Waals surface area contributed by atoms with Gasteiger partial charge in [0.1, 0.15) is 5.82 Å². The van der Waals surface area contributed by atoms with Gasteiger partial charge in [0, 0.05) is 10.0 Å². The molecular formula is C14H11Cl2F2N5. The number of alkyl halides is 2. The summed E-state index contributed by atoms with van der Waals surface area (Å²) in [5, 5.41) is 15.3. The summed E-state index contributed by atoms with van der Waals surface area (Å²) < 4.78 is 26.8. The molecule has 0 aliphatic carbocycles. The van der Waals surface area contributed by atoms with Crippen molar-refractivity contribution in [1.82, 2.24) is 19.8 Å². The van der Waals surface area contributed by atoms with E-state index >= 15 is 0 Å². The highest BCUT2D eigenvalue weighted by Gasteiger charge is 2.17. The molecule has 0 amide bonds. The van der Waals surface area contributed by atoms with Gasteiger partial charge in [-0.05, 0) is 36.8 Å². The van der Waals surface area contributed by atoms with E-state index in [2.05, 4.69) is 20.6 Å². The highest BCUT2D eigenvalue weighted by molar-refractivity contribution is 6.35. The van der Waals surface area contributed by atoms with Crippen molar-refractivity contribution < 1.29 is 8.78 Å². The third-order valence-corrected chi connectivity index (χ3v) is 3.84. The summed E-state index contributed by atoms with van der Waals surface area (Å²) in [4.78, 5) is 0. The lowest BCUT2D eigenvalue weighted by molar-refractivity contribution is 0.137. The molecule has 2 aromatic heterocycles. The van der Waals surface area contributed by atoms with Crippen molar-refractivity contribution in [2.45, 2.75) is 19.4 Å². The molecule has 1 aromatic carbocycles. The van der Waals surface area contributed by atoms with Crippen molar-refractivity contribution in [3.05, 3.63) is 51.8 Å². The van der Waals surface area contributed by atoms with Crippen LogP contribution in [0.25, 0.3) is 5.65 Å². The van der Waals surface area contributed by atoms with E-state index in [-0.39, 0.29) is 11.7 Å². The van der Waals surface area contributed by atoms with Gasteiger partial charge in [0.2, 0.25) is 5.82 Å². The second-order valence-corrected chi connectivity index (χ2v) is 5.72. The zero-order valence-corrected chi connectivity index (χ0v) is 13.4. The molecule has 3 aromatic rings. The van der Waals surface area contributed by atoms with Crippen molar-refractivity contribution >= 4 is 34.7 Å². The fourth-order valence-electron chi connectivity index (χ4n) is 2.17. The summed E-state index contributed by atoms with van der Waals surface area (Å²) in [6.07, 6.45) is -2.75. The van der Waals surface area contributed by atoms with Crippen molar-refractivity contribution in [2.24, 2.45) is 0 Å². The molecule has 0 bridgehead atoms. The number of fused-ring (bicyclic) bond motifs is 1. The first-order valence-corrected chi connectivity index (χ1v) is 7.43. The highest BCUT2D eigenvalue weighted by Crippen LogP contribution is 2.28. The number of hydrogen-bond acceptors (Lipinski definition) is 4. The lowest BCUT2D eigenvalue weighted by Crippen LogP contribution is -2.10. The molecule has 0 spiro atoms. The molecule has 3 rings (SSSR count). The van der Waals surface area contributed by atoms with Crippen LogP contribution >= 0.6 is 23.2 Å². The quantitative estimate of drug-likeness (QED) is 0.744. The molecule has 23 heavy (non-hydrogen) atoms. The van der Waals surface area contributed by atoms with E-state index in [1.807, 2.05) is 6.92 Å². The molecule has 1 N–H and O–H groups in total. The Morgan fingerprint density at radius 3 is 2.61 bits per heavy atom. The molecule has 9 heteroatoms. The first-order chi connectivity index (χ1) is 11.0. The molecule has 1 atom stereocenters. The molecule has 0 fully saturated rings. The van der Waals surface area contributed by atoms with Crippen molar-refractivity contribution in [3.8, 4) is 0 Å². The van der Waals surface area contributed by atoms with Crippen LogP contribution in [0.15, 0.2) is 30.3 Å². The highest BCUT2D eigenvalue weighted by atomic mass is 35.5. The van der Waals surface area contributed by atoms with E-state index < -0.39 is 12.2 Å². The molecule has 1 unspecified atom stereocenters. The number of aromatic nitrogens is 4. The van der Waals surface area contributed by atoms with Crippen LogP contribution in [0.3, 0.4) is 0 Å². The predicted molar refractivity (Wildman–Crippen MR) is 84.2 cm³/mol. The summed E-state index contributed by atoms with van der Waals surface area (Å²) in [5.41, 5.74) is 1.07. The second-order valence-electron chi connectivity index (χ2n) is 4.88. The van der Waals surface area contributed by atoms with Gasteiger partial charge in [0.15, 0.2) is 5.65 Å². The molecule has 0 saturated carbocycles. The zero-order chi connectivity index (χ0) is 16.6. The number of nitrogens with one attached hydrogen (secondary N) is 1. The number of benzene rings is 1. The first kappa shape index (κ1) is 15.9. The third kappa shape index (κ3) is 3.20. The third-order valence-electron chi connectivity index (χ3n) is 3.28. The van der Waals surface area contributed by atoms with Crippen LogP contribution in [0.1, 0.15) is 30.8 Å². The van der Waals surface area contributed by atoms with Gasteiger partial charge in [-0.25, -0.2) is 8.78 Å². The largest absolute Gasteiger partial charge is 0.362 e. The van der Waals surface area contributed by atoms with E-state index in [0.29, 0.717) is 15.9 Å². The van der Waals surface area contributed by atoms with Crippen molar-refractivity contribution in [1.29, 1.82) is 0 Å². The number of hydrogen-bond donors (Lipinski definition) is 1.